The highest BCUT2D eigenvalue weighted by Gasteiger charge is 2.08. The number of hydrogen-bond donors (Lipinski definition) is 3. The number of nitrogens with one attached hydrogen (secondary N) is 3. The Kier molecular flexibility index (Phi) is 1.72. The van der Waals surface area contributed by atoms with Gasteiger partial charge in [0.1, 0.15) is 0 Å². The maximum Gasteiger partial charge on any atom is 0.0992 e. The monoisotopic (exact) mass is 150 g/mol. The highest BCUT2D eigenvalue weighted by Crippen LogP contribution is 2.09. The topological polar surface area (TPSA) is 39.3 Å². The predicted octanol–water partition coefficient (Wildman–Crippen LogP) is -0.0221. The molecule has 0 bridgehead atoms. The number of anilines is 1. The van der Waals surface area contributed by atoms with Crippen LogP contribution in [0.4, 0.5) is 5.69 Å². The standard InChI is InChI=1S/C7H10N4/c1-2-4-7(5-3-1)11-6-8-9-10-11/h1-5,8-10H,6H2. The van der Waals surface area contributed by atoms with Crippen LogP contribution in [0.5, 0.6) is 0 Å². The lowest BCUT2D eigenvalue weighted by molar-refractivity contribution is 0.582. The summed E-state index contributed by atoms with van der Waals surface area (Å²) in [6.45, 7) is 0.768. The lowest BCUT2D eigenvalue weighted by Gasteiger charge is -2.14. The van der Waals surface area contributed by atoms with Gasteiger partial charge in [-0.05, 0) is 12.1 Å². The van der Waals surface area contributed by atoms with Crippen LogP contribution in [0.2, 0.25) is 0 Å². The molecule has 1 aliphatic heterocycles. The van der Waals surface area contributed by atoms with Crippen LogP contribution in [0.1, 0.15) is 0 Å². The van der Waals surface area contributed by atoms with Crippen molar-refractivity contribution in [2.45, 2.75) is 0 Å². The minimum Gasteiger partial charge on any atom is -0.279 e. The maximum absolute atomic E-state index is 2.95. The van der Waals surface area contributed by atoms with Crippen LogP contribution in [0.15, 0.2) is 30.3 Å². The first-order chi connectivity index (χ1) is 5.47. The van der Waals surface area contributed by atoms with Crippen LogP contribution < -0.4 is 21.5 Å². The molecule has 11 heavy (non-hydrogen) atoms. The van der Waals surface area contributed by atoms with Gasteiger partial charge < -0.3 is 0 Å². The van der Waals surface area contributed by atoms with Gasteiger partial charge in [-0.2, -0.15) is 11.1 Å². The molecule has 3 N–H and O–H groups in total. The number of hydrogen-bond acceptors (Lipinski definition) is 4. The van der Waals surface area contributed by atoms with Gasteiger partial charge in [0.25, 0.3) is 0 Å². The first-order valence-electron chi connectivity index (χ1n) is 3.53. The Bertz CT molecular complexity index is 217. The molecule has 0 amide bonds. The summed E-state index contributed by atoms with van der Waals surface area (Å²) < 4.78 is 0. The molecule has 1 aliphatic rings. The van der Waals surface area contributed by atoms with E-state index in [1.54, 1.807) is 0 Å². The zero-order chi connectivity index (χ0) is 7.52. The molecule has 0 spiro atoms. The highest BCUT2D eigenvalue weighted by molar-refractivity contribution is 5.44. The van der Waals surface area contributed by atoms with E-state index in [9.17, 15) is 0 Å². The quantitative estimate of drug-likeness (QED) is 0.526. The Labute approximate surface area is 65.1 Å². The number of nitrogens with zero attached hydrogens (tertiary/aromatic N) is 1. The largest absolute Gasteiger partial charge is 0.279 e. The third-order valence-corrected chi connectivity index (χ3v) is 1.58. The summed E-state index contributed by atoms with van der Waals surface area (Å²) >= 11 is 0. The van der Waals surface area contributed by atoms with E-state index in [0.717, 1.165) is 12.4 Å². The van der Waals surface area contributed by atoms with Crippen molar-refractivity contribution in [3.63, 3.8) is 0 Å². The number of para-hydroxylation sites is 1. The van der Waals surface area contributed by atoms with Crippen LogP contribution in [0.25, 0.3) is 0 Å². The number of hydrazine groups is 3. The number of rotatable bonds is 1. The summed E-state index contributed by atoms with van der Waals surface area (Å²) in [6, 6.07) is 10.1. The number of benzene rings is 1. The van der Waals surface area contributed by atoms with Crippen molar-refractivity contribution >= 4 is 5.69 Å². The Hall–Kier alpha value is -1.10. The predicted molar refractivity (Wildman–Crippen MR) is 43.2 cm³/mol. The molecule has 1 saturated heterocycles. The van der Waals surface area contributed by atoms with Gasteiger partial charge >= 0.3 is 0 Å². The lowest BCUT2D eigenvalue weighted by atomic mass is 10.3. The van der Waals surface area contributed by atoms with Gasteiger partial charge in [0.05, 0.1) is 12.4 Å². The molecule has 58 valence electrons. The fourth-order valence-corrected chi connectivity index (χ4v) is 1.03. The van der Waals surface area contributed by atoms with E-state index in [1.807, 2.05) is 35.3 Å². The summed E-state index contributed by atoms with van der Waals surface area (Å²) in [5.41, 5.74) is 9.82. The van der Waals surface area contributed by atoms with Gasteiger partial charge in [-0.1, -0.05) is 18.2 Å². The summed E-state index contributed by atoms with van der Waals surface area (Å²) in [5, 5.41) is 1.97. The highest BCUT2D eigenvalue weighted by atomic mass is 15.9. The molecule has 0 aromatic heterocycles. The minimum absolute atomic E-state index is 0.768. The molecule has 0 saturated carbocycles. The first kappa shape index (κ1) is 6.60. The third kappa shape index (κ3) is 1.32. The normalized spacial score (nSPS) is 17.3. The van der Waals surface area contributed by atoms with Gasteiger partial charge in [0, 0.05) is 0 Å². The van der Waals surface area contributed by atoms with E-state index < -0.39 is 0 Å². The molecule has 1 fully saturated rings. The smallest absolute Gasteiger partial charge is 0.0992 e. The molecule has 2 rings (SSSR count). The molecule has 0 unspecified atom stereocenters. The van der Waals surface area contributed by atoms with Crippen LogP contribution in [-0.4, -0.2) is 6.67 Å². The van der Waals surface area contributed by atoms with Crippen molar-refractivity contribution in [2.24, 2.45) is 0 Å². The van der Waals surface area contributed by atoms with Crippen molar-refractivity contribution in [1.82, 2.24) is 16.5 Å². The van der Waals surface area contributed by atoms with E-state index >= 15 is 0 Å². The lowest BCUT2D eigenvalue weighted by Crippen LogP contribution is -2.36. The molecule has 1 aromatic rings. The summed E-state index contributed by atoms with van der Waals surface area (Å²) in [7, 11) is 0. The van der Waals surface area contributed by atoms with Gasteiger partial charge in [0.15, 0.2) is 0 Å². The third-order valence-electron chi connectivity index (χ3n) is 1.58. The zero-order valence-electron chi connectivity index (χ0n) is 6.04. The Balaban J connectivity index is 2.16. The second kappa shape index (κ2) is 2.87. The SMILES string of the molecule is c1ccc(N2CNNN2)cc1. The Morgan fingerprint density at radius 2 is 2.00 bits per heavy atom. The molecule has 0 atom stereocenters. The van der Waals surface area contributed by atoms with Gasteiger partial charge in [0.2, 0.25) is 0 Å². The van der Waals surface area contributed by atoms with Gasteiger partial charge in [-0.15, -0.1) is 0 Å². The van der Waals surface area contributed by atoms with Crippen LogP contribution in [0, 0.1) is 0 Å². The summed E-state index contributed by atoms with van der Waals surface area (Å²) in [5.74, 6) is 0. The summed E-state index contributed by atoms with van der Waals surface area (Å²) in [4.78, 5) is 0. The molecule has 0 aliphatic carbocycles. The van der Waals surface area contributed by atoms with Gasteiger partial charge in [-0.25, -0.2) is 5.43 Å². The molecule has 1 heterocycles. The van der Waals surface area contributed by atoms with Crippen molar-refractivity contribution < 1.29 is 0 Å². The maximum atomic E-state index is 2.95. The van der Waals surface area contributed by atoms with Crippen LogP contribution in [-0.2, 0) is 0 Å². The molecular weight excluding hydrogens is 140 g/mol. The average molecular weight is 150 g/mol. The van der Waals surface area contributed by atoms with E-state index in [2.05, 4.69) is 16.5 Å². The molecule has 1 aromatic carbocycles. The Morgan fingerprint density at radius 3 is 2.64 bits per heavy atom. The second-order valence-electron chi connectivity index (χ2n) is 2.34. The van der Waals surface area contributed by atoms with Gasteiger partial charge in [-0.3, -0.25) is 5.01 Å². The van der Waals surface area contributed by atoms with Crippen molar-refractivity contribution in [3.05, 3.63) is 30.3 Å². The van der Waals surface area contributed by atoms with E-state index in [1.165, 1.54) is 0 Å². The van der Waals surface area contributed by atoms with E-state index in [0.29, 0.717) is 0 Å². The fourth-order valence-electron chi connectivity index (χ4n) is 1.03. The Morgan fingerprint density at radius 1 is 1.18 bits per heavy atom. The van der Waals surface area contributed by atoms with E-state index in [4.69, 9.17) is 0 Å². The van der Waals surface area contributed by atoms with Crippen LogP contribution in [0.3, 0.4) is 0 Å². The van der Waals surface area contributed by atoms with Crippen LogP contribution >= 0.6 is 0 Å². The zero-order valence-corrected chi connectivity index (χ0v) is 6.04. The van der Waals surface area contributed by atoms with Crippen molar-refractivity contribution in [2.75, 3.05) is 11.7 Å². The first-order valence-corrected chi connectivity index (χ1v) is 3.53. The fraction of sp³-hybridized carbons (Fsp3) is 0.143. The van der Waals surface area contributed by atoms with Crippen molar-refractivity contribution in [1.29, 1.82) is 0 Å². The average Bonchev–Trinajstić information content (AvgIpc) is 2.58. The molecule has 4 nitrogen and oxygen atoms in total. The molecule has 4 heteroatoms. The molecular formula is C7H10N4. The van der Waals surface area contributed by atoms with E-state index in [-0.39, 0.29) is 0 Å². The second-order valence-corrected chi connectivity index (χ2v) is 2.34. The van der Waals surface area contributed by atoms with Crippen molar-refractivity contribution in [3.8, 4) is 0 Å². The minimum atomic E-state index is 0.768. The summed E-state index contributed by atoms with van der Waals surface area (Å²) in [6.07, 6.45) is 0. The molecule has 0 radical (unpaired) electrons.